The van der Waals surface area contributed by atoms with Crippen molar-refractivity contribution in [2.24, 2.45) is 11.8 Å². The van der Waals surface area contributed by atoms with Crippen molar-refractivity contribution in [1.82, 2.24) is 25.8 Å². The van der Waals surface area contributed by atoms with E-state index in [1.165, 1.54) is 0 Å². The zero-order valence-electron chi connectivity index (χ0n) is 24.6. The van der Waals surface area contributed by atoms with Crippen LogP contribution in [-0.4, -0.2) is 44.7 Å². The maximum Gasteiger partial charge on any atom is 0.254 e. The summed E-state index contributed by atoms with van der Waals surface area (Å²) in [4.78, 5) is 63.5. The van der Waals surface area contributed by atoms with Crippen LogP contribution in [0.3, 0.4) is 0 Å². The molecular weight excluding hydrogens is 594 g/mol. The number of allylic oxidation sites excluding steroid dienone is 2. The van der Waals surface area contributed by atoms with Crippen LogP contribution in [0.2, 0.25) is 0 Å². The zero-order chi connectivity index (χ0) is 31.2. The predicted octanol–water partition coefficient (Wildman–Crippen LogP) is 4.75. The molecule has 6 rings (SSSR count). The Balaban J connectivity index is 1.30. The second kappa shape index (κ2) is 14.2. The van der Waals surface area contributed by atoms with Gasteiger partial charge in [0.25, 0.3) is 11.8 Å². The van der Waals surface area contributed by atoms with Gasteiger partial charge >= 0.3 is 0 Å². The molecule has 0 saturated heterocycles. The third-order valence-corrected chi connectivity index (χ3v) is 8.84. The van der Waals surface area contributed by atoms with Crippen molar-refractivity contribution in [3.63, 3.8) is 0 Å². The fourth-order valence-electron chi connectivity index (χ4n) is 6.59. The highest BCUT2D eigenvalue weighted by Gasteiger charge is 2.51. The monoisotopic (exact) mass is 627 g/mol. The fraction of sp³-hybridized carbons (Fsp3) is 0.324. The van der Waals surface area contributed by atoms with Crippen LogP contribution in [0.1, 0.15) is 58.9 Å². The average Bonchev–Trinajstić information content (AvgIpc) is 3.51. The number of pyridine rings is 2. The van der Waals surface area contributed by atoms with E-state index < -0.39 is 29.8 Å². The molecule has 1 aromatic carbocycles. The van der Waals surface area contributed by atoms with Crippen molar-refractivity contribution in [1.29, 1.82) is 0 Å². The molecule has 1 saturated carbocycles. The Kier molecular flexibility index (Phi) is 9.63. The van der Waals surface area contributed by atoms with Gasteiger partial charge in [0.05, 0.1) is 29.3 Å². The summed E-state index contributed by atoms with van der Waals surface area (Å²) in [7, 11) is 0. The van der Waals surface area contributed by atoms with Gasteiger partial charge in [0.2, 0.25) is 5.91 Å². The van der Waals surface area contributed by atoms with Crippen molar-refractivity contribution in [3.05, 3.63) is 119 Å². The van der Waals surface area contributed by atoms with E-state index in [0.29, 0.717) is 40.4 Å². The molecule has 0 spiro atoms. The highest BCUT2D eigenvalue weighted by molar-refractivity contribution is 6.31. The SMILES string of the molecule is O=C(NOCc1ccccn1)C1CCCCC1N1C(=O)c2ccccc2C(C(=O)NOCc2ccccn2)C1C1C=CC(Cl)=C1. The molecule has 1 fully saturated rings. The number of nitrogens with one attached hydrogen (secondary N) is 2. The lowest BCUT2D eigenvalue weighted by molar-refractivity contribution is -0.143. The normalized spacial score (nSPS) is 24.1. The number of hydroxylamine groups is 2. The molecule has 3 aromatic rings. The van der Waals surface area contributed by atoms with E-state index in [2.05, 4.69) is 20.9 Å². The Hall–Kier alpha value is -4.38. The molecule has 3 heterocycles. The number of rotatable bonds is 10. The Labute approximate surface area is 266 Å². The molecule has 2 aliphatic carbocycles. The third kappa shape index (κ3) is 6.83. The summed E-state index contributed by atoms with van der Waals surface area (Å²) in [6, 6.07) is 16.9. The van der Waals surface area contributed by atoms with Crippen LogP contribution in [0.5, 0.6) is 0 Å². The highest BCUT2D eigenvalue weighted by Crippen LogP contribution is 2.44. The fourth-order valence-corrected chi connectivity index (χ4v) is 6.80. The highest BCUT2D eigenvalue weighted by atomic mass is 35.5. The summed E-state index contributed by atoms with van der Waals surface area (Å²) in [6.07, 6.45) is 11.7. The van der Waals surface area contributed by atoms with Crippen LogP contribution < -0.4 is 11.0 Å². The van der Waals surface area contributed by atoms with E-state index in [4.69, 9.17) is 21.3 Å². The first-order valence-corrected chi connectivity index (χ1v) is 15.5. The van der Waals surface area contributed by atoms with Gasteiger partial charge in [-0.3, -0.25) is 34.0 Å². The maximum absolute atomic E-state index is 14.4. The van der Waals surface area contributed by atoms with Gasteiger partial charge in [0, 0.05) is 34.9 Å². The molecule has 2 aromatic heterocycles. The number of hydrogen-bond donors (Lipinski definition) is 2. The van der Waals surface area contributed by atoms with Crippen molar-refractivity contribution in [2.75, 3.05) is 0 Å². The number of carbonyl (C=O) groups excluding carboxylic acids is 3. The number of hydrogen-bond acceptors (Lipinski definition) is 7. The average molecular weight is 628 g/mol. The Morgan fingerprint density at radius 1 is 0.867 bits per heavy atom. The van der Waals surface area contributed by atoms with Gasteiger partial charge in [0.15, 0.2) is 0 Å². The lowest BCUT2D eigenvalue weighted by Crippen LogP contribution is -2.61. The number of carbonyl (C=O) groups is 3. The molecule has 0 radical (unpaired) electrons. The Morgan fingerprint density at radius 2 is 1.51 bits per heavy atom. The Bertz CT molecular complexity index is 1580. The minimum absolute atomic E-state index is 0.0761. The van der Waals surface area contributed by atoms with Gasteiger partial charge in [0.1, 0.15) is 13.2 Å². The van der Waals surface area contributed by atoms with E-state index in [-0.39, 0.29) is 30.9 Å². The van der Waals surface area contributed by atoms with E-state index in [0.717, 1.165) is 12.8 Å². The third-order valence-electron chi connectivity index (χ3n) is 8.59. The minimum atomic E-state index is -0.804. The van der Waals surface area contributed by atoms with E-state index in [9.17, 15) is 14.4 Å². The van der Waals surface area contributed by atoms with Gasteiger partial charge in [-0.15, -0.1) is 0 Å². The molecule has 3 aliphatic rings. The summed E-state index contributed by atoms with van der Waals surface area (Å²) in [5.74, 6) is -2.65. The predicted molar refractivity (Wildman–Crippen MR) is 166 cm³/mol. The van der Waals surface area contributed by atoms with Crippen molar-refractivity contribution >= 4 is 29.3 Å². The van der Waals surface area contributed by atoms with Gasteiger partial charge in [-0.05, 0) is 54.8 Å². The molecule has 0 bridgehead atoms. The summed E-state index contributed by atoms with van der Waals surface area (Å²) < 4.78 is 0. The van der Waals surface area contributed by atoms with Crippen LogP contribution in [0.4, 0.5) is 0 Å². The van der Waals surface area contributed by atoms with E-state index in [1.807, 2.05) is 36.4 Å². The quantitative estimate of drug-likeness (QED) is 0.311. The van der Waals surface area contributed by atoms with E-state index >= 15 is 0 Å². The molecule has 232 valence electrons. The molecule has 10 nitrogen and oxygen atoms in total. The van der Waals surface area contributed by atoms with E-state index in [1.54, 1.807) is 59.8 Å². The van der Waals surface area contributed by atoms with Gasteiger partial charge in [-0.25, -0.2) is 11.0 Å². The number of amides is 3. The smallest absolute Gasteiger partial charge is 0.254 e. The summed E-state index contributed by atoms with van der Waals surface area (Å²) in [5, 5.41) is 0.526. The summed E-state index contributed by atoms with van der Waals surface area (Å²) >= 11 is 6.41. The van der Waals surface area contributed by atoms with Crippen LogP contribution in [0.15, 0.2) is 96.3 Å². The molecule has 5 unspecified atom stereocenters. The van der Waals surface area contributed by atoms with Crippen LogP contribution in [-0.2, 0) is 32.5 Å². The zero-order valence-corrected chi connectivity index (χ0v) is 25.3. The van der Waals surface area contributed by atoms with Crippen LogP contribution in [0.25, 0.3) is 0 Å². The second-order valence-electron chi connectivity index (χ2n) is 11.4. The molecule has 11 heteroatoms. The lowest BCUT2D eigenvalue weighted by Gasteiger charge is -2.49. The number of fused-ring (bicyclic) bond motifs is 1. The first-order chi connectivity index (χ1) is 22.0. The number of nitrogens with zero attached hydrogens (tertiary/aromatic N) is 3. The first-order valence-electron chi connectivity index (χ1n) is 15.1. The molecule has 1 aliphatic heterocycles. The van der Waals surface area contributed by atoms with Crippen molar-refractivity contribution in [3.8, 4) is 0 Å². The minimum Gasteiger partial charge on any atom is -0.330 e. The molecule has 3 amide bonds. The standard InChI is InChI=1S/C34H34ClN5O5/c35-23-16-15-22(19-23)31-30(33(42)39-45-21-25-10-6-8-18-37-25)26-11-1-2-12-27(26)34(43)40(31)29-14-4-3-13-28(29)32(41)38-44-20-24-9-5-7-17-36-24/h1-2,5-12,15-19,22,28-31H,3-4,13-14,20-21H2,(H,38,41)(H,39,42). The van der Waals surface area contributed by atoms with Crippen molar-refractivity contribution < 1.29 is 24.1 Å². The Morgan fingerprint density at radius 3 is 2.16 bits per heavy atom. The number of aromatic nitrogens is 2. The second-order valence-corrected chi connectivity index (χ2v) is 11.8. The molecule has 2 N–H and O–H groups in total. The van der Waals surface area contributed by atoms with Crippen LogP contribution >= 0.6 is 11.6 Å². The molecule has 5 atom stereocenters. The van der Waals surface area contributed by atoms with Gasteiger partial charge in [-0.1, -0.05) is 66.9 Å². The van der Waals surface area contributed by atoms with Crippen LogP contribution in [0, 0.1) is 11.8 Å². The number of halogens is 1. The number of benzene rings is 1. The topological polar surface area (TPSA) is 123 Å². The molecule has 45 heavy (non-hydrogen) atoms. The van der Waals surface area contributed by atoms with Gasteiger partial charge in [-0.2, -0.15) is 0 Å². The summed E-state index contributed by atoms with van der Waals surface area (Å²) in [5.41, 5.74) is 7.58. The summed E-state index contributed by atoms with van der Waals surface area (Å²) in [6.45, 7) is 0.187. The molecular formula is C34H34ClN5O5. The van der Waals surface area contributed by atoms with Crippen molar-refractivity contribution in [2.45, 2.75) is 56.9 Å². The largest absolute Gasteiger partial charge is 0.330 e. The lowest BCUT2D eigenvalue weighted by atomic mass is 9.73. The van der Waals surface area contributed by atoms with Gasteiger partial charge < -0.3 is 4.90 Å². The first kappa shape index (κ1) is 30.6. The maximum atomic E-state index is 14.4.